The first-order chi connectivity index (χ1) is 12.0. The number of nitrogen functional groups attached to an aromatic ring is 1. The number of nitrogens with two attached hydrogens (primary N) is 1. The fourth-order valence-corrected chi connectivity index (χ4v) is 3.79. The van der Waals surface area contributed by atoms with Crippen LogP contribution in [0.15, 0.2) is 24.7 Å². The Bertz CT molecular complexity index is 914. The van der Waals surface area contributed by atoms with Crippen molar-refractivity contribution >= 4 is 44.1 Å². The predicted octanol–water partition coefficient (Wildman–Crippen LogP) is 3.04. The molecule has 10 heteroatoms. The molecule has 4 heterocycles. The van der Waals surface area contributed by atoms with Crippen molar-refractivity contribution in [2.75, 3.05) is 29.0 Å². The van der Waals surface area contributed by atoms with Gasteiger partial charge in [-0.25, -0.2) is 28.7 Å². The number of fused-ring (bicyclic) bond motifs is 1. The zero-order valence-corrected chi connectivity index (χ0v) is 13.9. The molecule has 130 valence electrons. The summed E-state index contributed by atoms with van der Waals surface area (Å²) < 4.78 is 28.2. The minimum Gasteiger partial charge on any atom is -0.384 e. The molecule has 1 saturated heterocycles. The topological polar surface area (TPSA) is 92.8 Å². The van der Waals surface area contributed by atoms with Gasteiger partial charge >= 0.3 is 0 Å². The number of piperidine rings is 1. The van der Waals surface area contributed by atoms with Crippen LogP contribution in [0.2, 0.25) is 0 Å². The molecule has 1 aliphatic rings. The minimum absolute atomic E-state index is 0.0715. The summed E-state index contributed by atoms with van der Waals surface area (Å²) in [5.41, 5.74) is 6.36. The van der Waals surface area contributed by atoms with Gasteiger partial charge < -0.3 is 16.0 Å². The molecule has 0 bridgehead atoms. The summed E-state index contributed by atoms with van der Waals surface area (Å²) in [5, 5.41) is 3.66. The third kappa shape index (κ3) is 3.29. The molecular weight excluding hydrogens is 348 g/mol. The fourth-order valence-electron chi connectivity index (χ4n) is 2.76. The van der Waals surface area contributed by atoms with Crippen molar-refractivity contribution in [3.05, 3.63) is 24.7 Å². The van der Waals surface area contributed by atoms with E-state index in [1.54, 1.807) is 23.2 Å². The summed E-state index contributed by atoms with van der Waals surface area (Å²) in [6.07, 6.45) is 3.35. The molecule has 7 nitrogen and oxygen atoms in total. The molecule has 0 atom stereocenters. The largest absolute Gasteiger partial charge is 0.384 e. The summed E-state index contributed by atoms with van der Waals surface area (Å²) in [6.45, 7) is 0.277. The number of thiazole rings is 1. The molecule has 0 unspecified atom stereocenters. The number of nitrogens with zero attached hydrogens (tertiary/aromatic N) is 5. The molecule has 1 fully saturated rings. The Balaban J connectivity index is 1.67. The molecule has 0 saturated carbocycles. The van der Waals surface area contributed by atoms with Gasteiger partial charge in [-0.15, -0.1) is 0 Å². The van der Waals surface area contributed by atoms with E-state index in [1.807, 2.05) is 0 Å². The summed E-state index contributed by atoms with van der Waals surface area (Å²) in [7, 11) is 0. The lowest BCUT2D eigenvalue weighted by Gasteiger charge is -2.32. The summed E-state index contributed by atoms with van der Waals surface area (Å²) >= 11 is 1.34. The second kappa shape index (κ2) is 6.03. The van der Waals surface area contributed by atoms with Crippen LogP contribution in [0.1, 0.15) is 12.8 Å². The van der Waals surface area contributed by atoms with Gasteiger partial charge in [0.25, 0.3) is 5.92 Å². The van der Waals surface area contributed by atoms with E-state index < -0.39 is 5.92 Å². The van der Waals surface area contributed by atoms with E-state index in [0.29, 0.717) is 41.1 Å². The number of nitrogens with one attached hydrogen (secondary N) is 1. The molecule has 1 aliphatic heterocycles. The van der Waals surface area contributed by atoms with Crippen LogP contribution in [-0.4, -0.2) is 38.9 Å². The third-order valence-corrected chi connectivity index (χ3v) is 5.03. The van der Waals surface area contributed by atoms with E-state index in [1.165, 1.54) is 17.7 Å². The lowest BCUT2D eigenvalue weighted by atomic mass is 10.1. The highest BCUT2D eigenvalue weighted by Gasteiger charge is 2.36. The number of pyridine rings is 1. The van der Waals surface area contributed by atoms with Crippen molar-refractivity contribution in [1.29, 1.82) is 0 Å². The highest BCUT2D eigenvalue weighted by atomic mass is 32.1. The first kappa shape index (κ1) is 15.9. The highest BCUT2D eigenvalue weighted by molar-refractivity contribution is 7.22. The maximum Gasteiger partial charge on any atom is 0.265 e. The van der Waals surface area contributed by atoms with Crippen molar-refractivity contribution in [2.45, 2.75) is 18.8 Å². The Labute approximate surface area is 145 Å². The van der Waals surface area contributed by atoms with Gasteiger partial charge in [0.2, 0.25) is 0 Å². The highest BCUT2D eigenvalue weighted by Crippen LogP contribution is 2.37. The van der Waals surface area contributed by atoms with Crippen LogP contribution in [0.3, 0.4) is 0 Å². The van der Waals surface area contributed by atoms with E-state index in [-0.39, 0.29) is 13.0 Å². The Kier molecular flexibility index (Phi) is 3.83. The molecule has 0 amide bonds. The number of anilines is 4. The van der Waals surface area contributed by atoms with Gasteiger partial charge in [0.05, 0.1) is 16.8 Å². The molecule has 4 rings (SSSR count). The van der Waals surface area contributed by atoms with Gasteiger partial charge in [0, 0.05) is 25.2 Å². The zero-order chi connectivity index (χ0) is 17.4. The van der Waals surface area contributed by atoms with Gasteiger partial charge in [-0.05, 0) is 12.5 Å². The van der Waals surface area contributed by atoms with Crippen molar-refractivity contribution in [2.24, 2.45) is 0 Å². The second-order valence-electron chi connectivity index (χ2n) is 5.84. The summed E-state index contributed by atoms with van der Waals surface area (Å²) in [6, 6.07) is 3.35. The third-order valence-electron chi connectivity index (χ3n) is 3.89. The van der Waals surface area contributed by atoms with Crippen LogP contribution in [0.4, 0.5) is 31.4 Å². The molecule has 25 heavy (non-hydrogen) atoms. The number of hydrogen-bond donors (Lipinski definition) is 2. The number of aromatic nitrogens is 4. The maximum atomic E-state index is 13.7. The van der Waals surface area contributed by atoms with Crippen LogP contribution in [0.5, 0.6) is 0 Å². The Morgan fingerprint density at radius 2 is 2.16 bits per heavy atom. The number of rotatable bonds is 3. The van der Waals surface area contributed by atoms with Crippen LogP contribution in [0, 0.1) is 0 Å². The van der Waals surface area contributed by atoms with Crippen LogP contribution >= 0.6 is 11.3 Å². The van der Waals surface area contributed by atoms with Gasteiger partial charge in [0.15, 0.2) is 10.9 Å². The minimum atomic E-state index is -2.67. The zero-order valence-electron chi connectivity index (χ0n) is 13.1. The van der Waals surface area contributed by atoms with Crippen molar-refractivity contribution < 1.29 is 8.78 Å². The van der Waals surface area contributed by atoms with Crippen LogP contribution in [0.25, 0.3) is 10.2 Å². The monoisotopic (exact) mass is 363 g/mol. The van der Waals surface area contributed by atoms with Crippen molar-refractivity contribution in [3.63, 3.8) is 0 Å². The lowest BCUT2D eigenvalue weighted by Crippen LogP contribution is -2.42. The van der Waals surface area contributed by atoms with Gasteiger partial charge in [-0.2, -0.15) is 0 Å². The Morgan fingerprint density at radius 1 is 1.28 bits per heavy atom. The number of hydrogen-bond acceptors (Lipinski definition) is 8. The fraction of sp³-hybridized carbons (Fsp3) is 0.333. The van der Waals surface area contributed by atoms with E-state index in [0.717, 1.165) is 4.70 Å². The average Bonchev–Trinajstić information content (AvgIpc) is 2.99. The molecule has 3 N–H and O–H groups in total. The lowest BCUT2D eigenvalue weighted by molar-refractivity contribution is -0.0116. The van der Waals surface area contributed by atoms with E-state index in [4.69, 9.17) is 5.73 Å². The molecular formula is C15H15F2N7S. The second-order valence-corrected chi connectivity index (χ2v) is 6.82. The predicted molar refractivity (Wildman–Crippen MR) is 93.5 cm³/mol. The summed E-state index contributed by atoms with van der Waals surface area (Å²) in [4.78, 5) is 18.4. The molecule has 3 aromatic heterocycles. The standard InChI is InChI=1S/C15H15F2N7S/c16-15(17)3-1-5-24(7-15)14-22-9-2-4-19-13(12(9)25-14)23-11-6-10(18)20-8-21-11/h2,4,6,8H,1,3,5,7H2,(H3,18,19,20,21,23). The Hall–Kier alpha value is -2.62. The molecule has 0 spiro atoms. The summed E-state index contributed by atoms with van der Waals surface area (Å²) in [5.74, 6) is -1.27. The number of halogens is 2. The van der Waals surface area contributed by atoms with E-state index in [9.17, 15) is 8.78 Å². The quantitative estimate of drug-likeness (QED) is 0.739. The molecule has 0 radical (unpaired) electrons. The first-order valence-corrected chi connectivity index (χ1v) is 8.55. The number of alkyl halides is 2. The van der Waals surface area contributed by atoms with E-state index in [2.05, 4.69) is 25.3 Å². The Morgan fingerprint density at radius 3 is 2.96 bits per heavy atom. The molecule has 0 aliphatic carbocycles. The van der Waals surface area contributed by atoms with Gasteiger partial charge in [0.1, 0.15) is 18.0 Å². The van der Waals surface area contributed by atoms with E-state index >= 15 is 0 Å². The van der Waals surface area contributed by atoms with Crippen LogP contribution in [-0.2, 0) is 0 Å². The van der Waals surface area contributed by atoms with Crippen molar-refractivity contribution in [1.82, 2.24) is 19.9 Å². The normalized spacial score (nSPS) is 17.0. The SMILES string of the molecule is Nc1cc(Nc2nccc3nc(N4CCCC(F)(F)C4)sc23)ncn1. The van der Waals surface area contributed by atoms with Crippen LogP contribution < -0.4 is 16.0 Å². The van der Waals surface area contributed by atoms with Gasteiger partial charge in [-0.3, -0.25) is 0 Å². The maximum absolute atomic E-state index is 13.7. The first-order valence-electron chi connectivity index (χ1n) is 7.73. The van der Waals surface area contributed by atoms with Gasteiger partial charge in [-0.1, -0.05) is 11.3 Å². The molecule has 3 aromatic rings. The molecule has 0 aromatic carbocycles. The van der Waals surface area contributed by atoms with Crippen molar-refractivity contribution in [3.8, 4) is 0 Å². The average molecular weight is 363 g/mol. The smallest absolute Gasteiger partial charge is 0.265 e.